The molecular formula is C13H17N5O2. The van der Waals surface area contributed by atoms with Gasteiger partial charge in [-0.1, -0.05) is 6.07 Å². The minimum Gasteiger partial charge on any atom is -0.493 e. The first-order valence-corrected chi connectivity index (χ1v) is 6.24. The van der Waals surface area contributed by atoms with E-state index in [0.29, 0.717) is 36.0 Å². The fraction of sp³-hybridized carbons (Fsp3) is 0.308. The van der Waals surface area contributed by atoms with Gasteiger partial charge in [-0.15, -0.1) is 0 Å². The molecule has 0 aliphatic heterocycles. The lowest BCUT2D eigenvalue weighted by Gasteiger charge is -2.19. The second-order valence-electron chi connectivity index (χ2n) is 4.25. The molecule has 3 N–H and O–H groups in total. The molecule has 0 radical (unpaired) electrons. The Kier molecular flexibility index (Phi) is 4.19. The molecule has 7 heteroatoms. The molecule has 0 spiro atoms. The standard InChI is InChI=1S/C13H17N5O2/c1-3-20-10-6-4-5-9(14)12(10)13(19)18(2)7-11-15-8-16-17-11/h4-6,8H,3,7,14H2,1-2H3,(H,15,16,17). The van der Waals surface area contributed by atoms with E-state index in [4.69, 9.17) is 10.5 Å². The highest BCUT2D eigenvalue weighted by atomic mass is 16.5. The number of ether oxygens (including phenoxy) is 1. The third kappa shape index (κ3) is 2.87. The first-order chi connectivity index (χ1) is 9.63. The minimum atomic E-state index is -0.219. The Morgan fingerprint density at radius 2 is 2.30 bits per heavy atom. The van der Waals surface area contributed by atoms with Crippen LogP contribution in [0.3, 0.4) is 0 Å². The van der Waals surface area contributed by atoms with Gasteiger partial charge in [0.1, 0.15) is 23.5 Å². The molecule has 1 heterocycles. The van der Waals surface area contributed by atoms with Gasteiger partial charge in [0.2, 0.25) is 0 Å². The van der Waals surface area contributed by atoms with Crippen molar-refractivity contribution in [2.45, 2.75) is 13.5 Å². The third-order valence-corrected chi connectivity index (χ3v) is 2.77. The zero-order valence-corrected chi connectivity index (χ0v) is 11.5. The summed E-state index contributed by atoms with van der Waals surface area (Å²) in [5, 5.41) is 6.46. The van der Waals surface area contributed by atoms with Crippen molar-refractivity contribution in [3.8, 4) is 5.75 Å². The third-order valence-electron chi connectivity index (χ3n) is 2.77. The average Bonchev–Trinajstić information content (AvgIpc) is 2.91. The monoisotopic (exact) mass is 275 g/mol. The van der Waals surface area contributed by atoms with Crippen molar-refractivity contribution in [3.63, 3.8) is 0 Å². The van der Waals surface area contributed by atoms with Gasteiger partial charge < -0.3 is 15.4 Å². The Labute approximate surface area is 116 Å². The van der Waals surface area contributed by atoms with Crippen LogP contribution in [0.2, 0.25) is 0 Å². The molecule has 0 saturated heterocycles. The smallest absolute Gasteiger partial charge is 0.259 e. The summed E-state index contributed by atoms with van der Waals surface area (Å²) in [7, 11) is 1.67. The molecule has 0 saturated carbocycles. The van der Waals surface area contributed by atoms with E-state index in [1.54, 1.807) is 25.2 Å². The molecule has 0 fully saturated rings. The zero-order chi connectivity index (χ0) is 14.5. The Morgan fingerprint density at radius 1 is 1.50 bits per heavy atom. The first kappa shape index (κ1) is 13.9. The van der Waals surface area contributed by atoms with E-state index in [0.717, 1.165) is 0 Å². The van der Waals surface area contributed by atoms with Gasteiger partial charge in [-0.3, -0.25) is 9.89 Å². The lowest BCUT2D eigenvalue weighted by atomic mass is 10.1. The summed E-state index contributed by atoms with van der Waals surface area (Å²) < 4.78 is 5.46. The Morgan fingerprint density at radius 3 is 2.95 bits per heavy atom. The van der Waals surface area contributed by atoms with Crippen molar-refractivity contribution in [2.24, 2.45) is 0 Å². The van der Waals surface area contributed by atoms with Gasteiger partial charge >= 0.3 is 0 Å². The molecule has 0 atom stereocenters. The first-order valence-electron chi connectivity index (χ1n) is 6.24. The molecule has 0 aliphatic carbocycles. The maximum absolute atomic E-state index is 12.5. The van der Waals surface area contributed by atoms with Gasteiger partial charge in [0.15, 0.2) is 0 Å². The van der Waals surface area contributed by atoms with Crippen molar-refractivity contribution < 1.29 is 9.53 Å². The van der Waals surface area contributed by atoms with Crippen LogP contribution in [-0.2, 0) is 6.54 Å². The minimum absolute atomic E-state index is 0.219. The van der Waals surface area contributed by atoms with Crippen LogP contribution in [0.25, 0.3) is 0 Å². The van der Waals surface area contributed by atoms with Crippen LogP contribution in [0.15, 0.2) is 24.5 Å². The number of anilines is 1. The molecule has 0 bridgehead atoms. The lowest BCUT2D eigenvalue weighted by Crippen LogP contribution is -2.28. The van der Waals surface area contributed by atoms with E-state index in [1.165, 1.54) is 11.2 Å². The second-order valence-corrected chi connectivity index (χ2v) is 4.25. The van der Waals surface area contributed by atoms with Crippen LogP contribution >= 0.6 is 0 Å². The molecule has 1 aromatic heterocycles. The summed E-state index contributed by atoms with van der Waals surface area (Å²) in [5.74, 6) is 0.873. The molecule has 106 valence electrons. The molecule has 1 amide bonds. The Balaban J connectivity index is 2.23. The van der Waals surface area contributed by atoms with Crippen molar-refractivity contribution in [1.82, 2.24) is 20.1 Å². The van der Waals surface area contributed by atoms with Gasteiger partial charge in [-0.2, -0.15) is 5.10 Å². The predicted molar refractivity (Wildman–Crippen MR) is 74.2 cm³/mol. The molecular weight excluding hydrogens is 258 g/mol. The average molecular weight is 275 g/mol. The van der Waals surface area contributed by atoms with Crippen molar-refractivity contribution in [3.05, 3.63) is 35.9 Å². The van der Waals surface area contributed by atoms with Gasteiger partial charge in [0.05, 0.1) is 13.2 Å². The number of hydrogen-bond donors (Lipinski definition) is 2. The molecule has 0 unspecified atom stereocenters. The van der Waals surface area contributed by atoms with E-state index in [-0.39, 0.29) is 5.91 Å². The summed E-state index contributed by atoms with van der Waals surface area (Å²) in [6.45, 7) is 2.64. The highest BCUT2D eigenvalue weighted by Gasteiger charge is 2.20. The SMILES string of the molecule is CCOc1cccc(N)c1C(=O)N(C)Cc1ncn[nH]1. The van der Waals surface area contributed by atoms with E-state index in [9.17, 15) is 4.79 Å². The van der Waals surface area contributed by atoms with Crippen LogP contribution in [0.1, 0.15) is 23.1 Å². The number of aromatic amines is 1. The predicted octanol–water partition coefficient (Wildman–Crippen LogP) is 1.06. The van der Waals surface area contributed by atoms with Crippen molar-refractivity contribution in [1.29, 1.82) is 0 Å². The van der Waals surface area contributed by atoms with Crippen molar-refractivity contribution >= 4 is 11.6 Å². The molecule has 1 aromatic carbocycles. The van der Waals surface area contributed by atoms with Crippen molar-refractivity contribution in [2.75, 3.05) is 19.4 Å². The number of H-pyrrole nitrogens is 1. The fourth-order valence-corrected chi connectivity index (χ4v) is 1.85. The summed E-state index contributed by atoms with van der Waals surface area (Å²) in [4.78, 5) is 18.0. The Hall–Kier alpha value is -2.57. The van der Waals surface area contributed by atoms with Gasteiger partial charge in [-0.25, -0.2) is 4.98 Å². The number of nitrogens with one attached hydrogen (secondary N) is 1. The lowest BCUT2D eigenvalue weighted by molar-refractivity contribution is 0.0778. The van der Waals surface area contributed by atoms with Crippen LogP contribution in [-0.4, -0.2) is 39.6 Å². The van der Waals surface area contributed by atoms with Crippen LogP contribution in [0, 0.1) is 0 Å². The molecule has 2 rings (SSSR count). The quantitative estimate of drug-likeness (QED) is 0.795. The van der Waals surface area contributed by atoms with Gasteiger partial charge in [0.25, 0.3) is 5.91 Å². The summed E-state index contributed by atoms with van der Waals surface area (Å²) in [5.41, 5.74) is 6.67. The van der Waals surface area contributed by atoms with E-state index in [1.807, 2.05) is 6.92 Å². The topological polar surface area (TPSA) is 97.1 Å². The number of benzene rings is 1. The number of nitrogens with two attached hydrogens (primary N) is 1. The second kappa shape index (κ2) is 6.05. The van der Waals surface area contributed by atoms with E-state index in [2.05, 4.69) is 15.2 Å². The molecule has 2 aromatic rings. The van der Waals surface area contributed by atoms with Crippen LogP contribution in [0.5, 0.6) is 5.75 Å². The van der Waals surface area contributed by atoms with Gasteiger partial charge in [0, 0.05) is 12.7 Å². The highest BCUT2D eigenvalue weighted by Crippen LogP contribution is 2.26. The fourth-order valence-electron chi connectivity index (χ4n) is 1.85. The van der Waals surface area contributed by atoms with Gasteiger partial charge in [-0.05, 0) is 19.1 Å². The van der Waals surface area contributed by atoms with E-state index < -0.39 is 0 Å². The number of amides is 1. The molecule has 0 aliphatic rings. The highest BCUT2D eigenvalue weighted by molar-refractivity contribution is 6.01. The maximum Gasteiger partial charge on any atom is 0.259 e. The molecule has 7 nitrogen and oxygen atoms in total. The number of nitrogens with zero attached hydrogens (tertiary/aromatic N) is 3. The number of rotatable bonds is 5. The number of hydrogen-bond acceptors (Lipinski definition) is 5. The van der Waals surface area contributed by atoms with Crippen LogP contribution in [0.4, 0.5) is 5.69 Å². The zero-order valence-electron chi connectivity index (χ0n) is 11.5. The number of carbonyl (C=O) groups excluding carboxylic acids is 1. The normalized spacial score (nSPS) is 10.3. The van der Waals surface area contributed by atoms with Crippen LogP contribution < -0.4 is 10.5 Å². The molecule has 20 heavy (non-hydrogen) atoms. The summed E-state index contributed by atoms with van der Waals surface area (Å²) in [6, 6.07) is 5.17. The van der Waals surface area contributed by atoms with E-state index >= 15 is 0 Å². The summed E-state index contributed by atoms with van der Waals surface area (Å²) in [6.07, 6.45) is 1.40. The number of carbonyl (C=O) groups is 1. The largest absolute Gasteiger partial charge is 0.493 e. The number of aromatic nitrogens is 3. The summed E-state index contributed by atoms with van der Waals surface area (Å²) >= 11 is 0. The Bertz CT molecular complexity index is 582. The number of nitrogen functional groups attached to an aromatic ring is 1. The maximum atomic E-state index is 12.5.